The van der Waals surface area contributed by atoms with Crippen molar-refractivity contribution in [2.75, 3.05) is 0 Å². The average Bonchev–Trinajstić information content (AvgIpc) is 3.39. The Hall–Kier alpha value is -3.38. The highest BCUT2D eigenvalue weighted by atomic mass is 15.1. The Kier molecular flexibility index (Phi) is 3.99. The molecule has 2 N–H and O–H groups in total. The first-order valence-corrected chi connectivity index (χ1v) is 10.4. The number of hydrogen-bond donors (Lipinski definition) is 2. The Morgan fingerprint density at radius 2 is 1.93 bits per heavy atom. The van der Waals surface area contributed by atoms with Gasteiger partial charge >= 0.3 is 0 Å². The third-order valence-corrected chi connectivity index (χ3v) is 6.11. The van der Waals surface area contributed by atoms with Crippen LogP contribution in [-0.2, 0) is 0 Å². The maximum atomic E-state index is 4.94. The lowest BCUT2D eigenvalue weighted by molar-refractivity contribution is 0.575. The molecule has 6 heteroatoms. The highest BCUT2D eigenvalue weighted by Gasteiger charge is 2.28. The molecule has 0 radical (unpaired) electrons. The standard InChI is InChI=1S/C24H22N6/c1-14-3-2-4-22(27-14)24-19(13-26-30-24)20-7-8-21-23(29-20)11-16(12-25-21)15-9-17-5-6-18(10-15)28-17/h2-4,7-9,11-13,17-18,28H,5-6,10H2,1H3,(H,26,30). The van der Waals surface area contributed by atoms with Crippen LogP contribution in [0.15, 0.2) is 54.9 Å². The van der Waals surface area contributed by atoms with Gasteiger partial charge in [-0.1, -0.05) is 12.1 Å². The lowest BCUT2D eigenvalue weighted by Crippen LogP contribution is -2.31. The number of pyridine rings is 3. The van der Waals surface area contributed by atoms with Crippen molar-refractivity contribution in [2.45, 2.75) is 38.3 Å². The van der Waals surface area contributed by atoms with E-state index in [2.05, 4.69) is 37.6 Å². The molecule has 2 aliphatic heterocycles. The van der Waals surface area contributed by atoms with E-state index in [9.17, 15) is 0 Å². The molecule has 0 aliphatic carbocycles. The molecule has 0 amide bonds. The predicted octanol–water partition coefficient (Wildman–Crippen LogP) is 4.30. The summed E-state index contributed by atoms with van der Waals surface area (Å²) in [5.41, 5.74) is 8.90. The van der Waals surface area contributed by atoms with Crippen LogP contribution in [0.2, 0.25) is 0 Å². The number of rotatable bonds is 3. The molecule has 6 heterocycles. The number of fused-ring (bicyclic) bond motifs is 3. The molecule has 6 nitrogen and oxygen atoms in total. The van der Waals surface area contributed by atoms with Crippen molar-refractivity contribution in [3.05, 3.63) is 66.1 Å². The number of aromatic nitrogens is 5. The van der Waals surface area contributed by atoms with E-state index in [1.165, 1.54) is 24.0 Å². The van der Waals surface area contributed by atoms with Crippen LogP contribution in [0, 0.1) is 6.92 Å². The van der Waals surface area contributed by atoms with Crippen LogP contribution in [0.5, 0.6) is 0 Å². The van der Waals surface area contributed by atoms with Crippen molar-refractivity contribution in [1.82, 2.24) is 30.5 Å². The predicted molar refractivity (Wildman–Crippen MR) is 118 cm³/mol. The number of H-pyrrole nitrogens is 1. The van der Waals surface area contributed by atoms with Crippen molar-refractivity contribution in [1.29, 1.82) is 0 Å². The van der Waals surface area contributed by atoms with Crippen LogP contribution < -0.4 is 5.32 Å². The maximum absolute atomic E-state index is 4.94. The summed E-state index contributed by atoms with van der Waals surface area (Å²) in [5, 5.41) is 11.0. The first-order valence-electron chi connectivity index (χ1n) is 10.4. The molecule has 1 fully saturated rings. The fourth-order valence-electron chi connectivity index (χ4n) is 4.62. The van der Waals surface area contributed by atoms with E-state index in [0.29, 0.717) is 12.1 Å². The Morgan fingerprint density at radius 1 is 0.967 bits per heavy atom. The minimum atomic E-state index is 0.504. The Morgan fingerprint density at radius 3 is 2.83 bits per heavy atom. The molecule has 2 unspecified atom stereocenters. The summed E-state index contributed by atoms with van der Waals surface area (Å²) in [6.45, 7) is 1.99. The molecule has 0 spiro atoms. The van der Waals surface area contributed by atoms with Crippen LogP contribution >= 0.6 is 0 Å². The largest absolute Gasteiger partial charge is 0.307 e. The molecule has 1 saturated heterocycles. The molecular formula is C24H22N6. The van der Waals surface area contributed by atoms with Crippen molar-refractivity contribution in [2.24, 2.45) is 0 Å². The van der Waals surface area contributed by atoms with Crippen LogP contribution in [0.1, 0.15) is 30.5 Å². The van der Waals surface area contributed by atoms with Gasteiger partial charge in [-0.15, -0.1) is 0 Å². The van der Waals surface area contributed by atoms with Gasteiger partial charge in [0.05, 0.1) is 34.3 Å². The zero-order chi connectivity index (χ0) is 20.1. The van der Waals surface area contributed by atoms with Crippen molar-refractivity contribution in [3.8, 4) is 22.6 Å². The topological polar surface area (TPSA) is 79.4 Å². The van der Waals surface area contributed by atoms with Crippen LogP contribution in [0.4, 0.5) is 0 Å². The molecule has 30 heavy (non-hydrogen) atoms. The van der Waals surface area contributed by atoms with Gasteiger partial charge in [-0.25, -0.2) is 4.98 Å². The summed E-state index contributed by atoms with van der Waals surface area (Å²) < 4.78 is 0. The second kappa shape index (κ2) is 6.85. The number of hydrogen-bond acceptors (Lipinski definition) is 5. The fourth-order valence-corrected chi connectivity index (χ4v) is 4.62. The summed E-state index contributed by atoms with van der Waals surface area (Å²) >= 11 is 0. The van der Waals surface area contributed by atoms with Gasteiger partial charge in [-0.3, -0.25) is 15.1 Å². The molecule has 4 aromatic rings. The molecule has 4 aromatic heterocycles. The first kappa shape index (κ1) is 17.5. The van der Waals surface area contributed by atoms with Crippen LogP contribution in [0.3, 0.4) is 0 Å². The van der Waals surface area contributed by atoms with E-state index in [0.717, 1.165) is 45.8 Å². The molecule has 6 rings (SSSR count). The van der Waals surface area contributed by atoms with Gasteiger partial charge in [0.15, 0.2) is 0 Å². The van der Waals surface area contributed by atoms with Gasteiger partial charge in [0.25, 0.3) is 0 Å². The summed E-state index contributed by atoms with van der Waals surface area (Å²) in [5.74, 6) is 0. The summed E-state index contributed by atoms with van der Waals surface area (Å²) in [7, 11) is 0. The molecule has 2 bridgehead atoms. The maximum Gasteiger partial charge on any atom is 0.0928 e. The van der Waals surface area contributed by atoms with Gasteiger partial charge in [0.1, 0.15) is 0 Å². The number of nitrogens with one attached hydrogen (secondary N) is 2. The van der Waals surface area contributed by atoms with Gasteiger partial charge in [-0.05, 0) is 67.7 Å². The lowest BCUT2D eigenvalue weighted by Gasteiger charge is -2.21. The number of aromatic amines is 1. The second-order valence-corrected chi connectivity index (χ2v) is 8.23. The molecule has 2 atom stereocenters. The SMILES string of the molecule is Cc1cccc(-c2[nH]ncc2-c2ccc3ncc(C4=CC5CCC(C4)N5)cc3n2)n1. The lowest BCUT2D eigenvalue weighted by atomic mass is 9.97. The highest BCUT2D eigenvalue weighted by Crippen LogP contribution is 2.33. The van der Waals surface area contributed by atoms with Crippen LogP contribution in [0.25, 0.3) is 39.3 Å². The number of nitrogens with zero attached hydrogens (tertiary/aromatic N) is 4. The Bertz CT molecular complexity index is 1290. The summed E-state index contributed by atoms with van der Waals surface area (Å²) in [6.07, 6.45) is 9.72. The van der Waals surface area contributed by atoms with E-state index < -0.39 is 0 Å². The molecular weight excluding hydrogens is 372 g/mol. The Balaban J connectivity index is 1.41. The van der Waals surface area contributed by atoms with Crippen LogP contribution in [-0.4, -0.2) is 37.2 Å². The van der Waals surface area contributed by atoms with E-state index >= 15 is 0 Å². The van der Waals surface area contributed by atoms with Crippen molar-refractivity contribution < 1.29 is 0 Å². The van der Waals surface area contributed by atoms with Gasteiger partial charge in [0.2, 0.25) is 0 Å². The smallest absolute Gasteiger partial charge is 0.0928 e. The zero-order valence-electron chi connectivity index (χ0n) is 16.8. The second-order valence-electron chi connectivity index (χ2n) is 8.23. The van der Waals surface area contributed by atoms with E-state index in [1.54, 1.807) is 0 Å². The highest BCUT2D eigenvalue weighted by molar-refractivity contribution is 5.84. The minimum Gasteiger partial charge on any atom is -0.307 e. The van der Waals surface area contributed by atoms with E-state index in [4.69, 9.17) is 4.98 Å². The molecule has 2 aliphatic rings. The molecule has 0 saturated carbocycles. The Labute approximate surface area is 174 Å². The average molecular weight is 394 g/mol. The normalized spacial score (nSPS) is 20.5. The van der Waals surface area contributed by atoms with Crippen molar-refractivity contribution in [3.63, 3.8) is 0 Å². The zero-order valence-corrected chi connectivity index (χ0v) is 16.8. The minimum absolute atomic E-state index is 0.504. The monoisotopic (exact) mass is 394 g/mol. The summed E-state index contributed by atoms with van der Waals surface area (Å²) in [6, 6.07) is 13.3. The summed E-state index contributed by atoms with van der Waals surface area (Å²) in [4.78, 5) is 14.3. The van der Waals surface area contributed by atoms with Crippen molar-refractivity contribution >= 4 is 16.6 Å². The number of aryl methyl sites for hydroxylation is 1. The third kappa shape index (κ3) is 3.00. The van der Waals surface area contributed by atoms with E-state index in [1.807, 2.05) is 49.6 Å². The van der Waals surface area contributed by atoms with E-state index in [-0.39, 0.29) is 0 Å². The quantitative estimate of drug-likeness (QED) is 0.542. The molecule has 148 valence electrons. The first-order chi connectivity index (χ1) is 14.7. The van der Waals surface area contributed by atoms with Gasteiger partial charge in [-0.2, -0.15) is 5.10 Å². The van der Waals surface area contributed by atoms with Gasteiger partial charge in [0, 0.05) is 29.5 Å². The molecule has 0 aromatic carbocycles. The fraction of sp³-hybridized carbons (Fsp3) is 0.250. The van der Waals surface area contributed by atoms with Gasteiger partial charge < -0.3 is 5.32 Å². The third-order valence-electron chi connectivity index (χ3n) is 6.11.